The smallest absolute Gasteiger partial charge is 0.258 e. The van der Waals surface area contributed by atoms with Gasteiger partial charge >= 0.3 is 0 Å². The number of hydrogen-bond acceptors (Lipinski definition) is 5. The minimum Gasteiger partial charge on any atom is -0.497 e. The average Bonchev–Trinajstić information content (AvgIpc) is 3.05. The molecule has 2 aromatic carbocycles. The number of carbonyl (C=O) groups is 1. The van der Waals surface area contributed by atoms with E-state index in [1.165, 1.54) is 5.01 Å². The van der Waals surface area contributed by atoms with Crippen molar-refractivity contribution >= 4 is 17.3 Å². The van der Waals surface area contributed by atoms with Gasteiger partial charge in [-0.05, 0) is 36.8 Å². The molecule has 1 saturated heterocycles. The Hall–Kier alpha value is -2.70. The number of nitrogens with zero attached hydrogens (tertiary/aromatic N) is 3. The Kier molecular flexibility index (Phi) is 5.41. The van der Waals surface area contributed by atoms with Gasteiger partial charge in [0, 0.05) is 13.1 Å². The quantitative estimate of drug-likeness (QED) is 0.801. The van der Waals surface area contributed by atoms with Gasteiger partial charge in [-0.25, -0.2) is 5.01 Å². The Labute approximate surface area is 165 Å². The third kappa shape index (κ3) is 3.53. The molecule has 1 fully saturated rings. The number of para-hydroxylation sites is 1. The highest BCUT2D eigenvalue weighted by atomic mass is 16.5. The normalized spacial score (nSPS) is 21.5. The lowest BCUT2D eigenvalue weighted by molar-refractivity contribution is -0.122. The van der Waals surface area contributed by atoms with E-state index in [1.54, 1.807) is 7.11 Å². The van der Waals surface area contributed by atoms with E-state index in [0.717, 1.165) is 35.8 Å². The zero-order valence-electron chi connectivity index (χ0n) is 16.2. The summed E-state index contributed by atoms with van der Waals surface area (Å²) in [5.41, 5.74) is 2.72. The summed E-state index contributed by atoms with van der Waals surface area (Å²) in [6.07, 6.45) is 0. The van der Waals surface area contributed by atoms with Crippen LogP contribution in [0, 0.1) is 5.92 Å². The maximum Gasteiger partial charge on any atom is 0.258 e. The molecule has 28 heavy (non-hydrogen) atoms. The molecule has 6 heteroatoms. The van der Waals surface area contributed by atoms with Crippen LogP contribution in [0.5, 0.6) is 5.75 Å². The van der Waals surface area contributed by atoms with Gasteiger partial charge in [0.1, 0.15) is 5.75 Å². The lowest BCUT2D eigenvalue weighted by Crippen LogP contribution is -2.45. The van der Waals surface area contributed by atoms with Gasteiger partial charge in [-0.15, -0.1) is 0 Å². The average molecular weight is 379 g/mol. The fraction of sp³-hybridized carbons (Fsp3) is 0.364. The molecule has 2 aliphatic rings. The molecule has 0 spiro atoms. The van der Waals surface area contributed by atoms with E-state index < -0.39 is 0 Å². The summed E-state index contributed by atoms with van der Waals surface area (Å²) in [4.78, 5) is 15.8. The SMILES string of the molecule is COc1ccc([C@H]([C@H]2C(=O)N(c3ccccc3)N=C2C)N2CCOCC2)cc1. The van der Waals surface area contributed by atoms with Crippen molar-refractivity contribution in [1.29, 1.82) is 0 Å². The predicted octanol–water partition coefficient (Wildman–Crippen LogP) is 3.11. The zero-order chi connectivity index (χ0) is 19.5. The number of hydrogen-bond donors (Lipinski definition) is 0. The van der Waals surface area contributed by atoms with Crippen LogP contribution in [0.25, 0.3) is 0 Å². The molecule has 0 unspecified atom stereocenters. The number of morpholine rings is 1. The monoisotopic (exact) mass is 379 g/mol. The highest BCUT2D eigenvalue weighted by Crippen LogP contribution is 2.37. The lowest BCUT2D eigenvalue weighted by Gasteiger charge is -2.37. The summed E-state index contributed by atoms with van der Waals surface area (Å²) in [5.74, 6) is 0.487. The standard InChI is InChI=1S/C22H25N3O3/c1-16-20(22(26)25(23-16)18-6-4-3-5-7-18)21(24-12-14-28-15-13-24)17-8-10-19(27-2)11-9-17/h3-11,20-21H,12-15H2,1-2H3/t20-,21+/m0/s1. The van der Waals surface area contributed by atoms with Crippen LogP contribution in [0.15, 0.2) is 59.7 Å². The molecule has 146 valence electrons. The summed E-state index contributed by atoms with van der Waals surface area (Å²) in [6, 6.07) is 17.5. The van der Waals surface area contributed by atoms with E-state index in [4.69, 9.17) is 9.47 Å². The van der Waals surface area contributed by atoms with Gasteiger partial charge in [-0.2, -0.15) is 5.10 Å². The number of benzene rings is 2. The molecule has 2 aromatic rings. The van der Waals surface area contributed by atoms with E-state index in [9.17, 15) is 4.79 Å². The second-order valence-electron chi connectivity index (χ2n) is 7.07. The van der Waals surface area contributed by atoms with Crippen LogP contribution in [0.4, 0.5) is 5.69 Å². The third-order valence-corrected chi connectivity index (χ3v) is 5.40. The van der Waals surface area contributed by atoms with Crippen LogP contribution in [0.1, 0.15) is 18.5 Å². The maximum absolute atomic E-state index is 13.4. The molecule has 0 radical (unpaired) electrons. The summed E-state index contributed by atoms with van der Waals surface area (Å²) < 4.78 is 10.8. The predicted molar refractivity (Wildman–Crippen MR) is 109 cm³/mol. The molecule has 0 bridgehead atoms. The molecular weight excluding hydrogens is 354 g/mol. The minimum atomic E-state index is -0.327. The fourth-order valence-corrected chi connectivity index (χ4v) is 3.97. The molecule has 0 saturated carbocycles. The lowest BCUT2D eigenvalue weighted by atomic mass is 9.87. The third-order valence-electron chi connectivity index (χ3n) is 5.40. The molecule has 4 rings (SSSR count). The first-order valence-corrected chi connectivity index (χ1v) is 9.59. The number of rotatable bonds is 5. The van der Waals surface area contributed by atoms with Gasteiger partial charge < -0.3 is 9.47 Å². The fourth-order valence-electron chi connectivity index (χ4n) is 3.97. The maximum atomic E-state index is 13.4. The molecule has 6 nitrogen and oxygen atoms in total. The van der Waals surface area contributed by atoms with Gasteiger partial charge in [-0.3, -0.25) is 9.69 Å². The van der Waals surface area contributed by atoms with Crippen molar-refractivity contribution in [3.05, 3.63) is 60.2 Å². The summed E-state index contributed by atoms with van der Waals surface area (Å²) in [6.45, 7) is 4.87. The van der Waals surface area contributed by atoms with Crippen LogP contribution in [0.2, 0.25) is 0 Å². The van der Waals surface area contributed by atoms with E-state index in [1.807, 2.05) is 61.5 Å². The highest BCUT2D eigenvalue weighted by molar-refractivity contribution is 6.15. The Morgan fingerprint density at radius 3 is 2.39 bits per heavy atom. The van der Waals surface area contributed by atoms with E-state index in [0.29, 0.717) is 13.2 Å². The van der Waals surface area contributed by atoms with Gasteiger partial charge in [0.2, 0.25) is 0 Å². The number of amides is 1. The second kappa shape index (κ2) is 8.12. The molecule has 0 aliphatic carbocycles. The largest absolute Gasteiger partial charge is 0.497 e. The number of hydrazone groups is 1. The molecular formula is C22H25N3O3. The topological polar surface area (TPSA) is 54.4 Å². The molecule has 1 amide bonds. The van der Waals surface area contributed by atoms with Gasteiger partial charge in [0.15, 0.2) is 0 Å². The van der Waals surface area contributed by atoms with Crippen molar-refractivity contribution in [2.75, 3.05) is 38.4 Å². The number of anilines is 1. The first kappa shape index (κ1) is 18.7. The number of methoxy groups -OCH3 is 1. The highest BCUT2D eigenvalue weighted by Gasteiger charge is 2.43. The second-order valence-corrected chi connectivity index (χ2v) is 7.07. The van der Waals surface area contributed by atoms with Gasteiger partial charge in [0.25, 0.3) is 5.91 Å². The van der Waals surface area contributed by atoms with Crippen LogP contribution >= 0.6 is 0 Å². The van der Waals surface area contributed by atoms with Gasteiger partial charge in [0.05, 0.1) is 43.7 Å². The van der Waals surface area contributed by atoms with Gasteiger partial charge in [-0.1, -0.05) is 30.3 Å². The van der Waals surface area contributed by atoms with Crippen molar-refractivity contribution < 1.29 is 14.3 Å². The minimum absolute atomic E-state index is 0.0102. The van der Waals surface area contributed by atoms with Crippen molar-refractivity contribution in [2.45, 2.75) is 13.0 Å². The van der Waals surface area contributed by atoms with E-state index in [2.05, 4.69) is 10.0 Å². The molecule has 0 N–H and O–H groups in total. The zero-order valence-corrected chi connectivity index (χ0v) is 16.2. The summed E-state index contributed by atoms with van der Waals surface area (Å²) in [5, 5.41) is 6.15. The van der Waals surface area contributed by atoms with Crippen molar-refractivity contribution in [1.82, 2.24) is 4.90 Å². The van der Waals surface area contributed by atoms with E-state index in [-0.39, 0.29) is 17.9 Å². The first-order chi connectivity index (χ1) is 13.7. The number of ether oxygens (including phenoxy) is 2. The summed E-state index contributed by atoms with van der Waals surface area (Å²) in [7, 11) is 1.66. The molecule has 0 aromatic heterocycles. The number of carbonyl (C=O) groups excluding carboxylic acids is 1. The van der Waals surface area contributed by atoms with Crippen molar-refractivity contribution in [3.8, 4) is 5.75 Å². The Morgan fingerprint density at radius 1 is 1.07 bits per heavy atom. The van der Waals surface area contributed by atoms with Crippen molar-refractivity contribution in [2.24, 2.45) is 11.0 Å². The van der Waals surface area contributed by atoms with E-state index >= 15 is 0 Å². The van der Waals surface area contributed by atoms with Crippen LogP contribution < -0.4 is 9.75 Å². The molecule has 2 aliphatic heterocycles. The van der Waals surface area contributed by atoms with Crippen molar-refractivity contribution in [3.63, 3.8) is 0 Å². The molecule has 2 atom stereocenters. The summed E-state index contributed by atoms with van der Waals surface area (Å²) >= 11 is 0. The molecule has 2 heterocycles. The Balaban J connectivity index is 1.69. The van der Waals surface area contributed by atoms with Crippen LogP contribution in [-0.4, -0.2) is 49.9 Å². The Bertz CT molecular complexity index is 845. The van der Waals surface area contributed by atoms with Crippen LogP contribution in [-0.2, 0) is 9.53 Å². The van der Waals surface area contributed by atoms with Crippen LogP contribution in [0.3, 0.4) is 0 Å². The first-order valence-electron chi connectivity index (χ1n) is 9.59. The Morgan fingerprint density at radius 2 is 1.75 bits per heavy atom.